The van der Waals surface area contributed by atoms with E-state index >= 15 is 0 Å². The monoisotopic (exact) mass is 417 g/mol. The fourth-order valence-corrected chi connectivity index (χ4v) is 2.47. The van der Waals surface area contributed by atoms with Crippen LogP contribution in [-0.4, -0.2) is 55.4 Å². The minimum absolute atomic E-state index is 0.185. The molecule has 160 valence electrons. The molecule has 0 aliphatic heterocycles. The fraction of sp³-hybridized carbons (Fsp3) is 0.318. The Labute approximate surface area is 174 Å². The molecule has 3 atom stereocenters. The van der Waals surface area contributed by atoms with Gasteiger partial charge in [-0.05, 0) is 38.1 Å². The summed E-state index contributed by atoms with van der Waals surface area (Å²) in [7, 11) is 1.22. The number of nitrogens with zero attached hydrogens (tertiary/aromatic N) is 1. The third-order valence-electron chi connectivity index (χ3n) is 4.20. The molecule has 0 aromatic heterocycles. The predicted molar refractivity (Wildman–Crippen MR) is 108 cm³/mol. The van der Waals surface area contributed by atoms with Crippen molar-refractivity contribution < 1.29 is 33.4 Å². The molecule has 0 spiro atoms. The second-order valence-electron chi connectivity index (χ2n) is 6.65. The molecule has 0 aliphatic rings. The molecular weight excluding hydrogens is 393 g/mol. The molecule has 2 aromatic carbocycles. The van der Waals surface area contributed by atoms with E-state index in [4.69, 9.17) is 9.47 Å². The van der Waals surface area contributed by atoms with Crippen LogP contribution < -0.4 is 0 Å². The molecule has 0 saturated carbocycles. The number of hydrogen-bond acceptors (Lipinski definition) is 7. The van der Waals surface area contributed by atoms with Gasteiger partial charge in [0.1, 0.15) is 19.8 Å². The Morgan fingerprint density at radius 1 is 1.00 bits per heavy atom. The van der Waals surface area contributed by atoms with Gasteiger partial charge >= 0.3 is 11.9 Å². The third-order valence-corrected chi connectivity index (χ3v) is 4.20. The smallest absolute Gasteiger partial charge is 0.338 e. The molecule has 1 N–H and O–H groups in total. The SMILES string of the molecule is CON=CC(F)C(OC(=O)c1ccc(C)cc1)C(O)COC(=O)c1ccc(C)cc1. The Kier molecular flexibility index (Phi) is 8.49. The fourth-order valence-electron chi connectivity index (χ4n) is 2.47. The van der Waals surface area contributed by atoms with Crippen LogP contribution in [0.5, 0.6) is 0 Å². The second-order valence-corrected chi connectivity index (χ2v) is 6.65. The number of aliphatic hydroxyl groups excluding tert-OH is 1. The average Bonchev–Trinajstić information content (AvgIpc) is 2.74. The molecule has 0 saturated heterocycles. The summed E-state index contributed by atoms with van der Waals surface area (Å²) in [6.07, 6.45) is -4.54. The molecule has 3 unspecified atom stereocenters. The number of ether oxygens (including phenoxy) is 2. The zero-order valence-electron chi connectivity index (χ0n) is 16.9. The Balaban J connectivity index is 2.07. The van der Waals surface area contributed by atoms with Crippen LogP contribution in [0.3, 0.4) is 0 Å². The van der Waals surface area contributed by atoms with Gasteiger partial charge in [-0.1, -0.05) is 40.5 Å². The summed E-state index contributed by atoms with van der Waals surface area (Å²) < 4.78 is 24.7. The zero-order valence-corrected chi connectivity index (χ0v) is 16.9. The van der Waals surface area contributed by atoms with E-state index in [1.165, 1.54) is 19.2 Å². The third kappa shape index (κ3) is 6.66. The van der Waals surface area contributed by atoms with Crippen LogP contribution in [0.2, 0.25) is 0 Å². The minimum Gasteiger partial charge on any atom is -0.459 e. The van der Waals surface area contributed by atoms with Crippen molar-refractivity contribution in [3.63, 3.8) is 0 Å². The number of aliphatic hydroxyl groups is 1. The van der Waals surface area contributed by atoms with Crippen molar-refractivity contribution >= 4 is 18.2 Å². The zero-order chi connectivity index (χ0) is 22.1. The molecule has 0 bridgehead atoms. The lowest BCUT2D eigenvalue weighted by Gasteiger charge is -2.24. The van der Waals surface area contributed by atoms with Crippen molar-refractivity contribution in [3.8, 4) is 0 Å². The predicted octanol–water partition coefficient (Wildman–Crippen LogP) is 3.02. The number of rotatable bonds is 9. The summed E-state index contributed by atoms with van der Waals surface area (Å²) in [5, 5.41) is 13.7. The second kappa shape index (κ2) is 11.1. The molecule has 2 aromatic rings. The molecule has 8 heteroatoms. The van der Waals surface area contributed by atoms with Crippen LogP contribution in [-0.2, 0) is 14.3 Å². The lowest BCUT2D eigenvalue weighted by atomic mass is 10.1. The Hall–Kier alpha value is -3.26. The van der Waals surface area contributed by atoms with E-state index in [0.717, 1.165) is 17.3 Å². The van der Waals surface area contributed by atoms with E-state index < -0.39 is 36.9 Å². The summed E-state index contributed by atoms with van der Waals surface area (Å²) in [6.45, 7) is 3.14. The van der Waals surface area contributed by atoms with Crippen molar-refractivity contribution in [2.45, 2.75) is 32.2 Å². The van der Waals surface area contributed by atoms with Gasteiger partial charge in [-0.3, -0.25) is 0 Å². The van der Waals surface area contributed by atoms with Gasteiger partial charge in [0.2, 0.25) is 0 Å². The first-order chi connectivity index (χ1) is 14.3. The molecule has 0 radical (unpaired) electrons. The summed E-state index contributed by atoms with van der Waals surface area (Å²) in [6, 6.07) is 13.1. The van der Waals surface area contributed by atoms with E-state index in [0.29, 0.717) is 0 Å². The molecule has 30 heavy (non-hydrogen) atoms. The molecule has 2 rings (SSSR count). The van der Waals surface area contributed by atoms with Crippen molar-refractivity contribution in [3.05, 3.63) is 70.8 Å². The standard InChI is InChI=1S/C22H24FNO6/c1-14-4-8-16(9-5-14)21(26)29-13-19(25)20(18(23)12-24-28-3)30-22(27)17-10-6-15(2)7-11-17/h4-12,18-20,25H,13H2,1-3H3. The van der Waals surface area contributed by atoms with Gasteiger partial charge in [-0.2, -0.15) is 0 Å². The number of hydrogen-bond donors (Lipinski definition) is 1. The van der Waals surface area contributed by atoms with Crippen LogP contribution >= 0.6 is 0 Å². The Morgan fingerprint density at radius 3 is 2.00 bits per heavy atom. The molecule has 0 fully saturated rings. The highest BCUT2D eigenvalue weighted by molar-refractivity contribution is 5.90. The number of carbonyl (C=O) groups is 2. The van der Waals surface area contributed by atoms with Gasteiger partial charge in [0.05, 0.1) is 17.3 Å². The topological polar surface area (TPSA) is 94.4 Å². The van der Waals surface area contributed by atoms with Crippen LogP contribution in [0, 0.1) is 13.8 Å². The minimum atomic E-state index is -1.99. The van der Waals surface area contributed by atoms with Gasteiger partial charge in [0.15, 0.2) is 12.3 Å². The van der Waals surface area contributed by atoms with E-state index in [2.05, 4.69) is 9.99 Å². The van der Waals surface area contributed by atoms with Crippen LogP contribution in [0.4, 0.5) is 4.39 Å². The first kappa shape index (κ1) is 23.0. The summed E-state index contributed by atoms with van der Waals surface area (Å²) in [5.74, 6) is -1.53. The number of aryl methyl sites for hydroxylation is 2. The maximum atomic E-state index is 14.5. The van der Waals surface area contributed by atoms with Crippen LogP contribution in [0.1, 0.15) is 31.8 Å². The molecular formula is C22H24FNO6. The highest BCUT2D eigenvalue weighted by Crippen LogP contribution is 2.14. The van der Waals surface area contributed by atoms with Gasteiger partial charge in [0, 0.05) is 0 Å². The summed E-state index contributed by atoms with van der Waals surface area (Å²) in [5.41, 5.74) is 2.36. The summed E-state index contributed by atoms with van der Waals surface area (Å²) in [4.78, 5) is 28.9. The first-order valence-corrected chi connectivity index (χ1v) is 9.22. The number of benzene rings is 2. The van der Waals surface area contributed by atoms with Crippen molar-refractivity contribution in [1.82, 2.24) is 0 Å². The molecule has 7 nitrogen and oxygen atoms in total. The van der Waals surface area contributed by atoms with E-state index in [1.54, 1.807) is 36.4 Å². The number of esters is 2. The number of carbonyl (C=O) groups excluding carboxylic acids is 2. The Bertz CT molecular complexity index is 866. The number of oxime groups is 1. The largest absolute Gasteiger partial charge is 0.459 e. The number of halogens is 1. The first-order valence-electron chi connectivity index (χ1n) is 9.22. The normalized spacial score (nSPS) is 14.0. The summed E-state index contributed by atoms with van der Waals surface area (Å²) >= 11 is 0. The van der Waals surface area contributed by atoms with Gasteiger partial charge in [-0.25, -0.2) is 14.0 Å². The lowest BCUT2D eigenvalue weighted by molar-refractivity contribution is -0.0594. The highest BCUT2D eigenvalue weighted by Gasteiger charge is 2.33. The maximum Gasteiger partial charge on any atom is 0.338 e. The van der Waals surface area contributed by atoms with E-state index in [9.17, 15) is 19.1 Å². The van der Waals surface area contributed by atoms with Crippen molar-refractivity contribution in [2.75, 3.05) is 13.7 Å². The molecule has 0 amide bonds. The lowest BCUT2D eigenvalue weighted by Crippen LogP contribution is -2.43. The maximum absolute atomic E-state index is 14.5. The van der Waals surface area contributed by atoms with Crippen molar-refractivity contribution in [2.24, 2.45) is 5.16 Å². The highest BCUT2D eigenvalue weighted by atomic mass is 19.1. The van der Waals surface area contributed by atoms with Gasteiger partial charge in [-0.15, -0.1) is 0 Å². The van der Waals surface area contributed by atoms with Crippen LogP contribution in [0.25, 0.3) is 0 Å². The van der Waals surface area contributed by atoms with Gasteiger partial charge in [0.25, 0.3) is 0 Å². The van der Waals surface area contributed by atoms with E-state index in [1.807, 2.05) is 13.8 Å². The van der Waals surface area contributed by atoms with Gasteiger partial charge < -0.3 is 19.4 Å². The molecule has 0 heterocycles. The quantitative estimate of drug-likeness (QED) is 0.383. The molecule has 0 aliphatic carbocycles. The Morgan fingerprint density at radius 2 is 1.50 bits per heavy atom. The van der Waals surface area contributed by atoms with E-state index in [-0.39, 0.29) is 11.1 Å². The van der Waals surface area contributed by atoms with Crippen molar-refractivity contribution in [1.29, 1.82) is 0 Å². The number of alkyl halides is 1. The van der Waals surface area contributed by atoms with Crippen LogP contribution in [0.15, 0.2) is 53.7 Å². The average molecular weight is 417 g/mol.